The summed E-state index contributed by atoms with van der Waals surface area (Å²) < 4.78 is 13.3. The Hall–Kier alpha value is -4.08. The van der Waals surface area contributed by atoms with Gasteiger partial charge in [0.05, 0.1) is 18.2 Å². The lowest BCUT2D eigenvalue weighted by Crippen LogP contribution is -2.30. The molecule has 190 valence electrons. The average molecular weight is 520 g/mol. The SMILES string of the molecule is Cc1cnc(Nc2ccc3c(c2)OC(C)(C)O3)nc1-n1ccc(C(=O)NC(CO)c2cccc(Cl)c2)c1. The van der Waals surface area contributed by atoms with Crippen LogP contribution in [0.1, 0.15) is 41.4 Å². The molecule has 5 rings (SSSR count). The largest absolute Gasteiger partial charge is 0.449 e. The fraction of sp³-hybridized carbons (Fsp3) is 0.222. The van der Waals surface area contributed by atoms with E-state index in [-0.39, 0.29) is 12.5 Å². The molecule has 0 spiro atoms. The van der Waals surface area contributed by atoms with Gasteiger partial charge in [0.1, 0.15) is 5.82 Å². The maximum absolute atomic E-state index is 12.9. The van der Waals surface area contributed by atoms with Gasteiger partial charge in [-0.1, -0.05) is 23.7 Å². The fourth-order valence-corrected chi connectivity index (χ4v) is 4.24. The zero-order valence-electron chi connectivity index (χ0n) is 20.5. The molecule has 1 unspecified atom stereocenters. The fourth-order valence-electron chi connectivity index (χ4n) is 4.05. The maximum atomic E-state index is 12.9. The summed E-state index contributed by atoms with van der Waals surface area (Å²) in [4.78, 5) is 22.0. The van der Waals surface area contributed by atoms with Gasteiger partial charge in [0.25, 0.3) is 5.91 Å². The summed E-state index contributed by atoms with van der Waals surface area (Å²) >= 11 is 6.06. The first-order valence-corrected chi connectivity index (χ1v) is 12.1. The molecule has 2 aromatic heterocycles. The van der Waals surface area contributed by atoms with Crippen LogP contribution in [-0.2, 0) is 0 Å². The average Bonchev–Trinajstić information content (AvgIpc) is 3.46. The minimum absolute atomic E-state index is 0.260. The monoisotopic (exact) mass is 519 g/mol. The van der Waals surface area contributed by atoms with E-state index in [1.165, 1.54) is 0 Å². The van der Waals surface area contributed by atoms with Crippen LogP contribution in [0, 0.1) is 6.92 Å². The zero-order valence-corrected chi connectivity index (χ0v) is 21.3. The summed E-state index contributed by atoms with van der Waals surface area (Å²) in [7, 11) is 0. The number of ether oxygens (including phenoxy) is 2. The Balaban J connectivity index is 1.33. The van der Waals surface area contributed by atoms with Gasteiger partial charge < -0.3 is 29.8 Å². The van der Waals surface area contributed by atoms with Gasteiger partial charge in [0, 0.05) is 54.8 Å². The molecule has 1 aliphatic heterocycles. The van der Waals surface area contributed by atoms with Gasteiger partial charge in [-0.3, -0.25) is 4.79 Å². The predicted molar refractivity (Wildman–Crippen MR) is 140 cm³/mol. The quantitative estimate of drug-likeness (QED) is 0.317. The second kappa shape index (κ2) is 9.76. The Morgan fingerprint density at radius 3 is 2.76 bits per heavy atom. The summed E-state index contributed by atoms with van der Waals surface area (Å²) in [6.45, 7) is 5.33. The van der Waals surface area contributed by atoms with Crippen LogP contribution in [-0.4, -0.2) is 37.9 Å². The van der Waals surface area contributed by atoms with Crippen molar-refractivity contribution in [2.45, 2.75) is 32.6 Å². The lowest BCUT2D eigenvalue weighted by atomic mass is 10.1. The number of aromatic nitrogens is 3. The highest BCUT2D eigenvalue weighted by atomic mass is 35.5. The van der Waals surface area contributed by atoms with Gasteiger partial charge in [0.2, 0.25) is 11.7 Å². The third-order valence-corrected chi connectivity index (χ3v) is 6.03. The highest BCUT2D eigenvalue weighted by molar-refractivity contribution is 6.30. The third-order valence-electron chi connectivity index (χ3n) is 5.79. The minimum Gasteiger partial charge on any atom is -0.449 e. The van der Waals surface area contributed by atoms with Gasteiger partial charge in [0.15, 0.2) is 11.5 Å². The highest BCUT2D eigenvalue weighted by Gasteiger charge is 2.31. The van der Waals surface area contributed by atoms with E-state index >= 15 is 0 Å². The van der Waals surface area contributed by atoms with Crippen molar-refractivity contribution in [3.8, 4) is 17.3 Å². The van der Waals surface area contributed by atoms with Crippen molar-refractivity contribution in [3.63, 3.8) is 0 Å². The lowest BCUT2D eigenvalue weighted by Gasteiger charge is -2.16. The van der Waals surface area contributed by atoms with Crippen molar-refractivity contribution >= 4 is 29.1 Å². The number of rotatable bonds is 7. The number of amides is 1. The highest BCUT2D eigenvalue weighted by Crippen LogP contribution is 2.41. The van der Waals surface area contributed by atoms with Crippen molar-refractivity contribution in [2.75, 3.05) is 11.9 Å². The van der Waals surface area contributed by atoms with E-state index in [2.05, 4.69) is 20.6 Å². The molecule has 0 radical (unpaired) electrons. The number of fused-ring (bicyclic) bond motifs is 1. The van der Waals surface area contributed by atoms with Crippen molar-refractivity contribution in [1.29, 1.82) is 0 Å². The summed E-state index contributed by atoms with van der Waals surface area (Å²) in [5.74, 6) is 1.29. The molecule has 1 amide bonds. The molecule has 1 atom stereocenters. The third kappa shape index (κ3) is 5.37. The van der Waals surface area contributed by atoms with Gasteiger partial charge in [-0.2, -0.15) is 4.98 Å². The summed E-state index contributed by atoms with van der Waals surface area (Å²) in [5.41, 5.74) is 2.72. The predicted octanol–water partition coefficient (Wildman–Crippen LogP) is 4.94. The van der Waals surface area contributed by atoms with Crippen molar-refractivity contribution in [3.05, 3.63) is 88.8 Å². The van der Waals surface area contributed by atoms with Gasteiger partial charge in [-0.25, -0.2) is 4.98 Å². The molecule has 0 fully saturated rings. The molecule has 0 saturated carbocycles. The number of aliphatic hydroxyl groups excluding tert-OH is 1. The number of halogens is 1. The molecule has 37 heavy (non-hydrogen) atoms. The van der Waals surface area contributed by atoms with Crippen molar-refractivity contribution in [2.24, 2.45) is 0 Å². The maximum Gasteiger partial charge on any atom is 0.253 e. The molecule has 1 aliphatic rings. The molecular weight excluding hydrogens is 494 g/mol. The molecule has 3 N–H and O–H groups in total. The summed E-state index contributed by atoms with van der Waals surface area (Å²) in [6, 6.07) is 13.7. The van der Waals surface area contributed by atoms with Crippen LogP contribution in [0.3, 0.4) is 0 Å². The van der Waals surface area contributed by atoms with Crippen LogP contribution < -0.4 is 20.1 Å². The van der Waals surface area contributed by atoms with E-state index in [9.17, 15) is 9.90 Å². The normalized spacial score (nSPS) is 14.3. The molecule has 9 nitrogen and oxygen atoms in total. The van der Waals surface area contributed by atoms with E-state index in [1.807, 2.05) is 39.0 Å². The zero-order chi connectivity index (χ0) is 26.2. The van der Waals surface area contributed by atoms with E-state index in [4.69, 9.17) is 21.1 Å². The smallest absolute Gasteiger partial charge is 0.253 e. The van der Waals surface area contributed by atoms with Gasteiger partial charge in [-0.15, -0.1) is 0 Å². The van der Waals surface area contributed by atoms with E-state index in [0.29, 0.717) is 33.9 Å². The number of hydrogen-bond donors (Lipinski definition) is 3. The Labute approximate surface area is 219 Å². The number of nitrogens with zero attached hydrogens (tertiary/aromatic N) is 3. The number of aryl methyl sites for hydroxylation is 1. The number of carbonyl (C=O) groups is 1. The van der Waals surface area contributed by atoms with E-state index in [0.717, 1.165) is 16.8 Å². The Bertz CT molecular complexity index is 1470. The number of anilines is 2. The standard InChI is InChI=1S/C27H26ClN5O4/c1-16-13-29-26(30-20-7-8-22-23(12-20)37-27(2,3)36-22)32-24(16)33-10-9-18(14-33)25(35)31-21(15-34)17-5-4-6-19(28)11-17/h4-14,21,34H,15H2,1-3H3,(H,31,35)(H,29,30,32). The Morgan fingerprint density at radius 2 is 1.97 bits per heavy atom. The number of benzene rings is 2. The van der Waals surface area contributed by atoms with Crippen molar-refractivity contribution < 1.29 is 19.4 Å². The number of nitrogens with one attached hydrogen (secondary N) is 2. The van der Waals surface area contributed by atoms with E-state index < -0.39 is 11.8 Å². The van der Waals surface area contributed by atoms with Crippen LogP contribution in [0.25, 0.3) is 5.82 Å². The summed E-state index contributed by atoms with van der Waals surface area (Å²) in [6.07, 6.45) is 5.15. The first kappa shape index (κ1) is 24.6. The molecule has 4 aromatic rings. The van der Waals surface area contributed by atoms with Gasteiger partial charge in [-0.05, 0) is 42.8 Å². The first-order chi connectivity index (χ1) is 17.7. The second-order valence-corrected chi connectivity index (χ2v) is 9.60. The Kier molecular flexibility index (Phi) is 6.49. The van der Waals surface area contributed by atoms with Crippen LogP contribution in [0.4, 0.5) is 11.6 Å². The molecule has 0 aliphatic carbocycles. The first-order valence-electron chi connectivity index (χ1n) is 11.7. The summed E-state index contributed by atoms with van der Waals surface area (Å²) in [5, 5.41) is 16.4. The molecule has 0 bridgehead atoms. The molecule has 10 heteroatoms. The Morgan fingerprint density at radius 1 is 1.16 bits per heavy atom. The number of aliphatic hydroxyl groups is 1. The van der Waals surface area contributed by atoms with Crippen LogP contribution >= 0.6 is 11.6 Å². The molecular formula is C27H26ClN5O4. The topological polar surface area (TPSA) is 111 Å². The van der Waals surface area contributed by atoms with Crippen LogP contribution in [0.2, 0.25) is 5.02 Å². The van der Waals surface area contributed by atoms with Crippen molar-refractivity contribution in [1.82, 2.24) is 19.9 Å². The minimum atomic E-state index is -0.710. The van der Waals surface area contributed by atoms with Crippen LogP contribution in [0.5, 0.6) is 11.5 Å². The lowest BCUT2D eigenvalue weighted by molar-refractivity contribution is -0.0431. The number of hydrogen-bond acceptors (Lipinski definition) is 7. The van der Waals surface area contributed by atoms with Gasteiger partial charge >= 0.3 is 0 Å². The molecule has 3 heterocycles. The van der Waals surface area contributed by atoms with E-state index in [1.54, 1.807) is 53.5 Å². The number of carbonyl (C=O) groups excluding carboxylic acids is 1. The van der Waals surface area contributed by atoms with Crippen LogP contribution in [0.15, 0.2) is 67.1 Å². The second-order valence-electron chi connectivity index (χ2n) is 9.16. The molecule has 0 saturated heterocycles. The molecule has 2 aromatic carbocycles.